The van der Waals surface area contributed by atoms with Crippen LogP contribution in [0.15, 0.2) is 176 Å². The average Bonchev–Trinajstić information content (AvgIpc) is 3.78. The van der Waals surface area contributed by atoms with Crippen molar-refractivity contribution in [3.8, 4) is 50.6 Å². The van der Waals surface area contributed by atoms with E-state index in [0.29, 0.717) is 0 Å². The molecule has 0 bridgehead atoms. The third-order valence-corrected chi connectivity index (χ3v) is 9.15. The number of pyridine rings is 1. The van der Waals surface area contributed by atoms with Crippen LogP contribution in [0.3, 0.4) is 0 Å². The van der Waals surface area contributed by atoms with Crippen molar-refractivity contribution in [1.82, 2.24) is 14.5 Å². The first-order chi connectivity index (χ1) is 23.8. The van der Waals surface area contributed by atoms with Gasteiger partial charge in [-0.15, -0.1) is 47.3 Å². The van der Waals surface area contributed by atoms with E-state index in [1.54, 1.807) is 17.5 Å². The third-order valence-electron chi connectivity index (χ3n) is 8.29. The molecule has 0 N–H and O–H groups in total. The number of benzene rings is 6. The first-order valence-corrected chi connectivity index (χ1v) is 16.6. The van der Waals surface area contributed by atoms with Crippen LogP contribution in [-0.2, 0) is 20.1 Å². The Morgan fingerprint density at radius 2 is 1.22 bits per heavy atom. The van der Waals surface area contributed by atoms with Crippen LogP contribution in [0.25, 0.3) is 71.7 Å². The van der Waals surface area contributed by atoms with Gasteiger partial charge in [-0.25, -0.2) is 0 Å². The molecule has 3 heterocycles. The number of nitrogens with zero attached hydrogens (tertiary/aromatic N) is 3. The normalized spacial score (nSPS) is 10.7. The second kappa shape index (κ2) is 14.8. The zero-order chi connectivity index (χ0) is 32.1. The van der Waals surface area contributed by atoms with E-state index in [2.05, 4.69) is 136 Å². The largest absolute Gasteiger partial charge is 0.333 e. The number of thiophene rings is 1. The molecule has 0 atom stereocenters. The summed E-state index contributed by atoms with van der Waals surface area (Å²) in [5.41, 5.74) is 11.1. The second-order valence-corrected chi connectivity index (χ2v) is 12.2. The fourth-order valence-electron chi connectivity index (χ4n) is 5.91. The number of aromatic nitrogens is 3. The summed E-state index contributed by atoms with van der Waals surface area (Å²) in [6.07, 6.45) is 1.79. The van der Waals surface area contributed by atoms with Crippen LogP contribution in [0.4, 0.5) is 0 Å². The molecule has 0 fully saturated rings. The van der Waals surface area contributed by atoms with Crippen LogP contribution in [0, 0.1) is 11.4 Å². The quantitative estimate of drug-likeness (QED) is 0.162. The summed E-state index contributed by atoms with van der Waals surface area (Å²) in [4.78, 5) is 9.30. The van der Waals surface area contributed by atoms with Crippen LogP contribution < -0.4 is 0 Å². The van der Waals surface area contributed by atoms with Gasteiger partial charge in [0, 0.05) is 32.0 Å². The van der Waals surface area contributed by atoms with Crippen LogP contribution in [-0.4, -0.2) is 14.5 Å². The van der Waals surface area contributed by atoms with Gasteiger partial charge < -0.3 is 9.55 Å². The van der Waals surface area contributed by atoms with Crippen molar-refractivity contribution in [3.63, 3.8) is 0 Å². The maximum atomic E-state index is 5.08. The third kappa shape index (κ3) is 6.78. The molecule has 1 radical (unpaired) electrons. The van der Waals surface area contributed by atoms with Gasteiger partial charge in [-0.05, 0) is 58.3 Å². The first kappa shape index (κ1) is 32.1. The van der Waals surface area contributed by atoms with E-state index in [9.17, 15) is 0 Å². The minimum Gasteiger partial charge on any atom is -0.333 e. The monoisotopic (exact) mass is 824 g/mol. The molecular formula is C44H29IrN3S-2. The number of fused-ring (bicyclic) bond motifs is 2. The molecule has 3 nitrogen and oxygen atoms in total. The maximum absolute atomic E-state index is 5.08. The molecule has 49 heavy (non-hydrogen) atoms. The van der Waals surface area contributed by atoms with Crippen LogP contribution in [0.5, 0.6) is 0 Å². The second-order valence-electron chi connectivity index (χ2n) is 11.3. The molecule has 5 heteroatoms. The zero-order valence-electron chi connectivity index (χ0n) is 26.3. The first-order valence-electron chi connectivity index (χ1n) is 15.8. The summed E-state index contributed by atoms with van der Waals surface area (Å²) in [7, 11) is 0. The minimum absolute atomic E-state index is 0. The fraction of sp³-hybridized carbons (Fsp3) is 0. The van der Waals surface area contributed by atoms with Crippen molar-refractivity contribution in [2.75, 3.05) is 0 Å². The van der Waals surface area contributed by atoms with Gasteiger partial charge in [0.2, 0.25) is 0 Å². The van der Waals surface area contributed by atoms with E-state index in [1.165, 1.54) is 32.3 Å². The minimum atomic E-state index is 0. The molecule has 0 saturated carbocycles. The number of rotatable bonds is 5. The van der Waals surface area contributed by atoms with Gasteiger partial charge in [-0.2, -0.15) is 0 Å². The van der Waals surface area contributed by atoms with E-state index in [0.717, 1.165) is 39.4 Å². The molecule has 9 aromatic rings. The van der Waals surface area contributed by atoms with Crippen molar-refractivity contribution >= 4 is 32.5 Å². The van der Waals surface area contributed by atoms with Crippen LogP contribution >= 0.6 is 11.3 Å². The number of para-hydroxylation sites is 2. The predicted octanol–water partition coefficient (Wildman–Crippen LogP) is 11.6. The van der Waals surface area contributed by atoms with Gasteiger partial charge in [0.05, 0.1) is 16.9 Å². The van der Waals surface area contributed by atoms with Gasteiger partial charge in [0.1, 0.15) is 0 Å². The molecule has 0 unspecified atom stereocenters. The molecule has 0 aliphatic heterocycles. The summed E-state index contributed by atoms with van der Waals surface area (Å²) >= 11 is 1.65. The number of imidazole rings is 1. The topological polar surface area (TPSA) is 30.7 Å². The Morgan fingerprint density at radius 1 is 0.571 bits per heavy atom. The number of hydrogen-bond donors (Lipinski definition) is 0. The van der Waals surface area contributed by atoms with Crippen molar-refractivity contribution in [3.05, 3.63) is 188 Å². The molecule has 0 spiro atoms. The van der Waals surface area contributed by atoms with Gasteiger partial charge in [0.25, 0.3) is 0 Å². The Balaban J connectivity index is 0.000000246. The molecule has 9 rings (SSSR count). The van der Waals surface area contributed by atoms with Gasteiger partial charge in [-0.3, -0.25) is 16.3 Å². The van der Waals surface area contributed by atoms with Crippen molar-refractivity contribution < 1.29 is 20.1 Å². The molecule has 6 aromatic carbocycles. The summed E-state index contributed by atoms with van der Waals surface area (Å²) in [6, 6.07) is 61.6. The van der Waals surface area contributed by atoms with Gasteiger partial charge in [-0.1, -0.05) is 125 Å². The Hall–Kier alpha value is -5.45. The standard InChI is InChI=1S/C33H21N2S.C11H8N.Ir/c1-3-9-23(10-4-1)25-15-18-27(19-16-25)35-31-14-8-7-13-30(31)34-33(35)29-22-36-32-21-26(17-20-28(29)32)24-11-5-2-6-12-24;1-2-6-10(7-3-1)11-8-4-5-9-12-11;/h1-21H;1-6,8-9H;/q2*-1;. The Morgan fingerprint density at radius 3 is 1.94 bits per heavy atom. The molecule has 0 saturated heterocycles. The van der Waals surface area contributed by atoms with E-state index in [-0.39, 0.29) is 20.1 Å². The van der Waals surface area contributed by atoms with Gasteiger partial charge >= 0.3 is 0 Å². The van der Waals surface area contributed by atoms with Crippen molar-refractivity contribution in [2.45, 2.75) is 0 Å². The molecular weight excluding hydrogens is 795 g/mol. The van der Waals surface area contributed by atoms with E-state index in [1.807, 2.05) is 54.6 Å². The average molecular weight is 824 g/mol. The predicted molar refractivity (Wildman–Crippen MR) is 200 cm³/mol. The molecule has 0 aliphatic rings. The smallest absolute Gasteiger partial charge is 0.0774 e. The summed E-state index contributed by atoms with van der Waals surface area (Å²) in [5.74, 6) is 0.919. The Kier molecular flexibility index (Phi) is 9.67. The summed E-state index contributed by atoms with van der Waals surface area (Å²) in [5, 5.41) is 4.75. The SMILES string of the molecule is [Ir].[c-]1ccccc1-c1ccccn1.[c-]1sc2cc(-c3ccccc3)ccc2c1-c1nc2ccccc2n1-c1ccc(-c2ccccc2)cc1. The summed E-state index contributed by atoms with van der Waals surface area (Å²) < 4.78 is 3.47. The molecule has 3 aromatic heterocycles. The van der Waals surface area contributed by atoms with Gasteiger partial charge in [0.15, 0.2) is 0 Å². The maximum Gasteiger partial charge on any atom is 0.0774 e. The number of hydrogen-bond acceptors (Lipinski definition) is 3. The van der Waals surface area contributed by atoms with Crippen molar-refractivity contribution in [2.24, 2.45) is 0 Å². The van der Waals surface area contributed by atoms with E-state index < -0.39 is 0 Å². The fourth-order valence-corrected chi connectivity index (χ4v) is 6.79. The summed E-state index contributed by atoms with van der Waals surface area (Å²) in [6.45, 7) is 0. The van der Waals surface area contributed by atoms with E-state index >= 15 is 0 Å². The van der Waals surface area contributed by atoms with Crippen LogP contribution in [0.2, 0.25) is 0 Å². The molecule has 0 aliphatic carbocycles. The Bertz CT molecular complexity index is 2380. The Labute approximate surface area is 303 Å². The van der Waals surface area contributed by atoms with Crippen molar-refractivity contribution in [1.29, 1.82) is 0 Å². The van der Waals surface area contributed by atoms with Crippen LogP contribution in [0.1, 0.15) is 0 Å². The zero-order valence-corrected chi connectivity index (χ0v) is 29.5. The van der Waals surface area contributed by atoms with E-state index in [4.69, 9.17) is 4.98 Å². The molecule has 0 amide bonds. The molecule has 237 valence electrons.